The molecule has 2 rings (SSSR count). The molecule has 0 radical (unpaired) electrons. The van der Waals surface area contributed by atoms with Crippen LogP contribution in [0.2, 0.25) is 0 Å². The maximum atomic E-state index is 12.2. The van der Waals surface area contributed by atoms with Gasteiger partial charge in [0.1, 0.15) is 0 Å². The summed E-state index contributed by atoms with van der Waals surface area (Å²) in [5.74, 6) is 1.86. The van der Waals surface area contributed by atoms with Crippen LogP contribution >= 0.6 is 35.3 Å². The summed E-state index contributed by atoms with van der Waals surface area (Å²) < 4.78 is 12.2. The summed E-state index contributed by atoms with van der Waals surface area (Å²) in [6.45, 7) is 3.71. The molecule has 2 unspecified atom stereocenters. The van der Waals surface area contributed by atoms with Crippen LogP contribution in [0.1, 0.15) is 11.8 Å². The minimum atomic E-state index is -0.980. The van der Waals surface area contributed by atoms with Gasteiger partial charge >= 0.3 is 0 Å². The van der Waals surface area contributed by atoms with Crippen LogP contribution in [0.5, 0.6) is 0 Å². The van der Waals surface area contributed by atoms with Crippen LogP contribution in [-0.4, -0.2) is 36.1 Å². The number of hydrogen-bond acceptors (Lipinski definition) is 3. The van der Waals surface area contributed by atoms with Crippen molar-refractivity contribution in [1.29, 1.82) is 0 Å². The summed E-state index contributed by atoms with van der Waals surface area (Å²) in [4.78, 5) is 6.50. The normalized spacial score (nSPS) is 13.6. The van der Waals surface area contributed by atoms with E-state index in [9.17, 15) is 4.21 Å². The fraction of sp³-hybridized carbons (Fsp3) is 0.389. The molecule has 2 aromatic rings. The average Bonchev–Trinajstić information content (AvgIpc) is 3.11. The average molecular weight is 491 g/mol. The first-order valence-corrected chi connectivity index (χ1v) is 10.3. The maximum absolute atomic E-state index is 12.2. The molecule has 0 aliphatic rings. The fourth-order valence-electron chi connectivity index (χ4n) is 2.29. The standard InChI is InChI=1S/C18H25N3OS2.HI/c1-15(13-16-7-6-11-23-16)14-21-18(19-2)20-10-12-24(22)17-8-4-3-5-9-17;/h3-9,11,15H,10,12-14H2,1-2H3,(H2,19,20,21);1H. The second kappa shape index (κ2) is 12.4. The zero-order valence-corrected chi connectivity index (χ0v) is 18.6. The van der Waals surface area contributed by atoms with Crippen molar-refractivity contribution >= 4 is 52.1 Å². The first-order valence-electron chi connectivity index (χ1n) is 8.09. The molecule has 0 saturated heterocycles. The van der Waals surface area contributed by atoms with Crippen LogP contribution in [0.3, 0.4) is 0 Å². The van der Waals surface area contributed by atoms with E-state index in [0.29, 0.717) is 18.2 Å². The van der Waals surface area contributed by atoms with Gasteiger partial charge in [0.25, 0.3) is 0 Å². The Hall–Kier alpha value is -0.930. The molecule has 0 bridgehead atoms. The van der Waals surface area contributed by atoms with Crippen LogP contribution < -0.4 is 10.6 Å². The molecule has 0 fully saturated rings. The lowest BCUT2D eigenvalue weighted by Crippen LogP contribution is -2.41. The van der Waals surface area contributed by atoms with Gasteiger partial charge in [-0.1, -0.05) is 31.2 Å². The molecule has 0 spiro atoms. The van der Waals surface area contributed by atoms with Crippen molar-refractivity contribution in [3.8, 4) is 0 Å². The quantitative estimate of drug-likeness (QED) is 0.338. The van der Waals surface area contributed by atoms with Crippen molar-refractivity contribution in [2.75, 3.05) is 25.9 Å². The van der Waals surface area contributed by atoms with E-state index in [4.69, 9.17) is 0 Å². The van der Waals surface area contributed by atoms with Crippen LogP contribution in [0.4, 0.5) is 0 Å². The molecule has 0 aliphatic heterocycles. The van der Waals surface area contributed by atoms with Crippen molar-refractivity contribution in [1.82, 2.24) is 10.6 Å². The van der Waals surface area contributed by atoms with Crippen LogP contribution in [0, 0.1) is 5.92 Å². The number of thiophene rings is 1. The van der Waals surface area contributed by atoms with E-state index in [1.54, 1.807) is 18.4 Å². The Morgan fingerprint density at radius 1 is 1.20 bits per heavy atom. The number of hydrogen-bond donors (Lipinski definition) is 2. The molecule has 4 nitrogen and oxygen atoms in total. The summed E-state index contributed by atoms with van der Waals surface area (Å²) in [5, 5.41) is 8.69. The van der Waals surface area contributed by atoms with Crippen LogP contribution in [0.25, 0.3) is 0 Å². The lowest BCUT2D eigenvalue weighted by Gasteiger charge is -2.15. The van der Waals surface area contributed by atoms with Crippen molar-refractivity contribution in [3.05, 3.63) is 52.7 Å². The topological polar surface area (TPSA) is 53.5 Å². The van der Waals surface area contributed by atoms with E-state index in [0.717, 1.165) is 23.8 Å². The summed E-state index contributed by atoms with van der Waals surface area (Å²) in [7, 11) is 0.777. The highest BCUT2D eigenvalue weighted by Gasteiger charge is 2.07. The van der Waals surface area contributed by atoms with E-state index in [1.807, 2.05) is 30.3 Å². The van der Waals surface area contributed by atoms with Gasteiger partial charge in [0.2, 0.25) is 0 Å². The van der Waals surface area contributed by atoms with Gasteiger partial charge in [-0.2, -0.15) is 0 Å². The Kier molecular flexibility index (Phi) is 11.0. The number of nitrogens with one attached hydrogen (secondary N) is 2. The number of guanidine groups is 1. The third-order valence-corrected chi connectivity index (χ3v) is 5.83. The number of nitrogens with zero attached hydrogens (tertiary/aromatic N) is 1. The van der Waals surface area contributed by atoms with Gasteiger partial charge < -0.3 is 10.6 Å². The first-order chi connectivity index (χ1) is 11.7. The molecule has 0 saturated carbocycles. The third kappa shape index (κ3) is 8.33. The minimum absolute atomic E-state index is 0. The zero-order chi connectivity index (χ0) is 17.2. The molecular weight excluding hydrogens is 465 g/mol. The molecule has 1 aromatic heterocycles. The summed E-state index contributed by atoms with van der Waals surface area (Å²) in [6, 6.07) is 13.8. The monoisotopic (exact) mass is 491 g/mol. The van der Waals surface area contributed by atoms with Crippen molar-refractivity contribution < 1.29 is 4.21 Å². The number of benzene rings is 1. The van der Waals surface area contributed by atoms with E-state index >= 15 is 0 Å². The Labute approximate surface area is 174 Å². The van der Waals surface area contributed by atoms with Crippen molar-refractivity contribution in [2.24, 2.45) is 10.9 Å². The predicted molar refractivity (Wildman–Crippen MR) is 120 cm³/mol. The fourth-order valence-corrected chi connectivity index (χ4v) is 4.14. The number of rotatable bonds is 8. The minimum Gasteiger partial charge on any atom is -0.356 e. The van der Waals surface area contributed by atoms with Gasteiger partial charge in [-0.05, 0) is 35.9 Å². The summed E-state index contributed by atoms with van der Waals surface area (Å²) >= 11 is 1.80. The highest BCUT2D eigenvalue weighted by Crippen LogP contribution is 2.13. The molecule has 1 heterocycles. The molecule has 1 aromatic carbocycles. The molecule has 0 aliphatic carbocycles. The molecule has 25 heavy (non-hydrogen) atoms. The van der Waals surface area contributed by atoms with Gasteiger partial charge in [-0.15, -0.1) is 35.3 Å². The second-order valence-electron chi connectivity index (χ2n) is 5.63. The molecule has 2 N–H and O–H groups in total. The number of aliphatic imine (C=N–C) groups is 1. The summed E-state index contributed by atoms with van der Waals surface area (Å²) in [5.41, 5.74) is 0. The number of halogens is 1. The van der Waals surface area contributed by atoms with Gasteiger partial charge in [0.05, 0.1) is 10.8 Å². The van der Waals surface area contributed by atoms with E-state index in [2.05, 4.69) is 40.1 Å². The van der Waals surface area contributed by atoms with Crippen molar-refractivity contribution in [2.45, 2.75) is 18.2 Å². The van der Waals surface area contributed by atoms with Gasteiger partial charge in [0, 0.05) is 35.7 Å². The van der Waals surface area contributed by atoms with Crippen LogP contribution in [0.15, 0.2) is 57.7 Å². The molecule has 2 atom stereocenters. The van der Waals surface area contributed by atoms with Crippen molar-refractivity contribution in [3.63, 3.8) is 0 Å². The Morgan fingerprint density at radius 3 is 2.60 bits per heavy atom. The van der Waals surface area contributed by atoms with E-state index in [1.165, 1.54) is 4.88 Å². The predicted octanol–water partition coefficient (Wildman–Crippen LogP) is 3.52. The second-order valence-corrected chi connectivity index (χ2v) is 8.23. The summed E-state index contributed by atoms with van der Waals surface area (Å²) in [6.07, 6.45) is 1.07. The van der Waals surface area contributed by atoms with Crippen LogP contribution in [-0.2, 0) is 17.2 Å². The van der Waals surface area contributed by atoms with Gasteiger partial charge in [-0.3, -0.25) is 9.20 Å². The maximum Gasteiger partial charge on any atom is 0.191 e. The first kappa shape index (κ1) is 22.1. The zero-order valence-electron chi connectivity index (χ0n) is 14.6. The molecular formula is C18H26IN3OS2. The van der Waals surface area contributed by atoms with Gasteiger partial charge in [0.15, 0.2) is 5.96 Å². The SMILES string of the molecule is CN=C(NCCS(=O)c1ccccc1)NCC(C)Cc1cccs1.I. The third-order valence-electron chi connectivity index (χ3n) is 3.56. The Balaban J connectivity index is 0.00000312. The Morgan fingerprint density at radius 2 is 1.96 bits per heavy atom. The van der Waals surface area contributed by atoms with E-state index in [-0.39, 0.29) is 24.0 Å². The molecule has 138 valence electrons. The largest absolute Gasteiger partial charge is 0.356 e. The lowest BCUT2D eigenvalue weighted by molar-refractivity contribution is 0.563. The Bertz CT molecular complexity index is 648. The van der Waals surface area contributed by atoms with E-state index < -0.39 is 10.8 Å². The van der Waals surface area contributed by atoms with Gasteiger partial charge in [-0.25, -0.2) is 0 Å². The highest BCUT2D eigenvalue weighted by molar-refractivity contribution is 14.0. The molecule has 0 amide bonds. The highest BCUT2D eigenvalue weighted by atomic mass is 127. The molecule has 7 heteroatoms. The smallest absolute Gasteiger partial charge is 0.191 e. The lowest BCUT2D eigenvalue weighted by atomic mass is 10.1.